The lowest BCUT2D eigenvalue weighted by Crippen LogP contribution is -2.40. The van der Waals surface area contributed by atoms with Gasteiger partial charge in [0.2, 0.25) is 11.8 Å². The molecular formula is C38H31NO7. The van der Waals surface area contributed by atoms with Crippen molar-refractivity contribution in [1.82, 2.24) is 0 Å². The summed E-state index contributed by atoms with van der Waals surface area (Å²) in [6, 6.07) is 22.6. The molecule has 1 aliphatic heterocycles. The van der Waals surface area contributed by atoms with Crippen LogP contribution in [0.1, 0.15) is 47.2 Å². The maximum atomic E-state index is 14.2. The molecule has 0 radical (unpaired) electrons. The van der Waals surface area contributed by atoms with Gasteiger partial charge in [-0.15, -0.1) is 0 Å². The maximum absolute atomic E-state index is 14.2. The van der Waals surface area contributed by atoms with Crippen LogP contribution in [0.25, 0.3) is 0 Å². The van der Waals surface area contributed by atoms with Crippen molar-refractivity contribution >= 4 is 34.9 Å². The van der Waals surface area contributed by atoms with Crippen molar-refractivity contribution in [2.75, 3.05) is 18.1 Å². The molecule has 3 aromatic carbocycles. The van der Waals surface area contributed by atoms with Crippen molar-refractivity contribution in [3.63, 3.8) is 0 Å². The van der Waals surface area contributed by atoms with Gasteiger partial charge in [0.05, 0.1) is 24.1 Å². The van der Waals surface area contributed by atoms with E-state index in [0.29, 0.717) is 51.3 Å². The van der Waals surface area contributed by atoms with E-state index in [4.69, 9.17) is 4.74 Å². The number of carbonyl (C=O) groups excluding carboxylic acids is 5. The number of ketones is 3. The summed E-state index contributed by atoms with van der Waals surface area (Å²) in [7, 11) is 0. The predicted octanol–water partition coefficient (Wildman–Crippen LogP) is 4.92. The van der Waals surface area contributed by atoms with E-state index in [0.717, 1.165) is 5.57 Å². The zero-order valence-corrected chi connectivity index (χ0v) is 25.1. The van der Waals surface area contributed by atoms with Crippen LogP contribution in [0.15, 0.2) is 113 Å². The zero-order chi connectivity index (χ0) is 32.1. The number of anilines is 1. The van der Waals surface area contributed by atoms with Crippen LogP contribution in [-0.4, -0.2) is 47.5 Å². The number of fused-ring (bicyclic) bond motifs is 3. The van der Waals surface area contributed by atoms with Crippen LogP contribution in [0.3, 0.4) is 0 Å². The smallest absolute Gasteiger partial charge is 0.238 e. The van der Waals surface area contributed by atoms with Crippen molar-refractivity contribution in [3.05, 3.63) is 130 Å². The van der Waals surface area contributed by atoms with Gasteiger partial charge in [-0.1, -0.05) is 60.2 Å². The van der Waals surface area contributed by atoms with Gasteiger partial charge in [0, 0.05) is 39.3 Å². The van der Waals surface area contributed by atoms with Crippen molar-refractivity contribution in [2.45, 2.75) is 25.7 Å². The third-order valence-electron chi connectivity index (χ3n) is 9.56. The number of nitrogens with zero attached hydrogens (tertiary/aromatic N) is 1. The Morgan fingerprint density at radius 1 is 0.870 bits per heavy atom. The number of hydrogen-bond acceptors (Lipinski definition) is 7. The fourth-order valence-corrected chi connectivity index (χ4v) is 7.52. The molecule has 3 aromatic rings. The third-order valence-corrected chi connectivity index (χ3v) is 9.56. The summed E-state index contributed by atoms with van der Waals surface area (Å²) < 4.78 is 5.87. The second-order valence-electron chi connectivity index (χ2n) is 12.1. The lowest BCUT2D eigenvalue weighted by Gasteiger charge is -2.42. The molecule has 1 heterocycles. The highest BCUT2D eigenvalue weighted by Crippen LogP contribution is 2.56. The Morgan fingerprint density at radius 3 is 2.30 bits per heavy atom. The molecule has 0 unspecified atom stereocenters. The third kappa shape index (κ3) is 4.68. The molecule has 8 heteroatoms. The summed E-state index contributed by atoms with van der Waals surface area (Å²) in [5.41, 5.74) is 3.94. The van der Waals surface area contributed by atoms with E-state index in [2.05, 4.69) is 0 Å². The highest BCUT2D eigenvalue weighted by Gasteiger charge is 2.56. The van der Waals surface area contributed by atoms with E-state index in [9.17, 15) is 29.1 Å². The molecule has 1 N–H and O–H groups in total. The number of amides is 2. The molecule has 4 aliphatic rings. The van der Waals surface area contributed by atoms with Crippen molar-refractivity contribution in [2.24, 2.45) is 17.8 Å². The number of benzene rings is 3. The van der Waals surface area contributed by atoms with Crippen molar-refractivity contribution in [3.8, 4) is 5.75 Å². The monoisotopic (exact) mass is 613 g/mol. The molecule has 46 heavy (non-hydrogen) atoms. The molecule has 7 rings (SSSR count). The van der Waals surface area contributed by atoms with Crippen LogP contribution < -0.4 is 9.64 Å². The molecule has 3 aliphatic carbocycles. The average molecular weight is 614 g/mol. The number of aliphatic hydroxyl groups excluding tert-OH is 1. The number of imide groups is 1. The molecule has 2 amide bonds. The number of carbonyl (C=O) groups is 5. The number of ether oxygens (including phenoxy) is 1. The largest absolute Gasteiger partial charge is 0.491 e. The summed E-state index contributed by atoms with van der Waals surface area (Å²) in [4.78, 5) is 69.4. The van der Waals surface area contributed by atoms with Gasteiger partial charge in [-0.05, 0) is 62.1 Å². The first kappa shape index (κ1) is 29.5. The lowest BCUT2D eigenvalue weighted by atomic mass is 9.59. The maximum Gasteiger partial charge on any atom is 0.238 e. The van der Waals surface area contributed by atoms with Crippen LogP contribution in [0.5, 0.6) is 5.75 Å². The number of rotatable bonds is 7. The number of para-hydroxylation sites is 1. The van der Waals surface area contributed by atoms with Gasteiger partial charge in [0.15, 0.2) is 17.3 Å². The first-order chi connectivity index (χ1) is 22.3. The van der Waals surface area contributed by atoms with Gasteiger partial charge in [0.1, 0.15) is 12.4 Å². The topological polar surface area (TPSA) is 118 Å². The first-order valence-electron chi connectivity index (χ1n) is 15.4. The van der Waals surface area contributed by atoms with Crippen molar-refractivity contribution < 1.29 is 33.8 Å². The van der Waals surface area contributed by atoms with Crippen LogP contribution in [0.2, 0.25) is 0 Å². The Labute approximate surface area is 265 Å². The first-order valence-corrected chi connectivity index (χ1v) is 15.4. The number of hydrogen-bond donors (Lipinski definition) is 1. The summed E-state index contributed by atoms with van der Waals surface area (Å²) in [5, 5.41) is 9.44. The molecule has 230 valence electrons. The fourth-order valence-electron chi connectivity index (χ4n) is 7.52. The minimum Gasteiger partial charge on any atom is -0.491 e. The Balaban J connectivity index is 1.26. The standard InChI is InChI=1S/C38H31NO7/c1-21-19-30(41)34-29(35(21)42)20-28-25(32(34)26-9-5-6-10-31(26)46-18-17-40)15-16-27-33(28)38(45)39(37(27)44)24-13-11-23(12-14-24)36(43)22-7-3-2-4-8-22/h2-15,19,27-28,32-33,40H,16-18,20H2,1H3/t27-,28+,32+,33-/m0/s1. The molecule has 0 bridgehead atoms. The molecule has 0 aromatic heterocycles. The molecule has 1 fully saturated rings. The second kappa shape index (κ2) is 11.6. The Bertz CT molecular complexity index is 1900. The van der Waals surface area contributed by atoms with Gasteiger partial charge < -0.3 is 9.84 Å². The van der Waals surface area contributed by atoms with E-state index >= 15 is 0 Å². The Hall–Kier alpha value is -5.21. The fraction of sp³-hybridized carbons (Fsp3) is 0.237. The Morgan fingerprint density at radius 2 is 1.57 bits per heavy atom. The molecule has 8 nitrogen and oxygen atoms in total. The normalized spacial score (nSPS) is 23.8. The van der Waals surface area contributed by atoms with Crippen LogP contribution in [0.4, 0.5) is 5.69 Å². The minimum atomic E-state index is -0.727. The van der Waals surface area contributed by atoms with Gasteiger partial charge in [-0.3, -0.25) is 28.9 Å². The van der Waals surface area contributed by atoms with Gasteiger partial charge in [0.25, 0.3) is 0 Å². The molecular weight excluding hydrogens is 582 g/mol. The SMILES string of the molecule is CC1=CC(=O)C2=C(C[C@@H]3C(=CC[C@@H]4C(=O)N(c5ccc(C(=O)c6ccccc6)cc5)C(=O)[C@@H]43)[C@@H]2c2ccccc2OCCO)C1=O. The van der Waals surface area contributed by atoms with Gasteiger partial charge in [-0.2, -0.15) is 0 Å². The van der Waals surface area contributed by atoms with Gasteiger partial charge >= 0.3 is 0 Å². The number of allylic oxidation sites excluding steroid dienone is 6. The van der Waals surface area contributed by atoms with Crippen molar-refractivity contribution in [1.29, 1.82) is 0 Å². The lowest BCUT2D eigenvalue weighted by molar-refractivity contribution is -0.123. The molecule has 0 saturated carbocycles. The molecule has 4 atom stereocenters. The zero-order valence-electron chi connectivity index (χ0n) is 25.1. The Kier molecular flexibility index (Phi) is 7.45. The van der Waals surface area contributed by atoms with Gasteiger partial charge in [-0.25, -0.2) is 0 Å². The summed E-state index contributed by atoms with van der Waals surface area (Å²) in [5.74, 6) is -3.34. The predicted molar refractivity (Wildman–Crippen MR) is 169 cm³/mol. The van der Waals surface area contributed by atoms with Crippen LogP contribution >= 0.6 is 0 Å². The van der Waals surface area contributed by atoms with Crippen LogP contribution in [0, 0.1) is 17.8 Å². The van der Waals surface area contributed by atoms with Crippen LogP contribution in [-0.2, 0) is 19.2 Å². The van der Waals surface area contributed by atoms with E-state index < -0.39 is 23.7 Å². The highest BCUT2D eigenvalue weighted by atomic mass is 16.5. The summed E-state index contributed by atoms with van der Waals surface area (Å²) in [6.45, 7) is 1.46. The minimum absolute atomic E-state index is 0.0480. The quantitative estimate of drug-likeness (QED) is 0.174. The number of aliphatic hydroxyl groups is 1. The van der Waals surface area contributed by atoms with E-state index in [1.807, 2.05) is 24.3 Å². The highest BCUT2D eigenvalue weighted by molar-refractivity contribution is 6.25. The summed E-state index contributed by atoms with van der Waals surface area (Å²) >= 11 is 0. The number of Topliss-reactive ketones (excluding diaryl/α,β-unsaturated/α-hetero) is 1. The molecule has 1 saturated heterocycles. The van der Waals surface area contributed by atoms with E-state index in [-0.39, 0.29) is 48.8 Å². The second-order valence-corrected chi connectivity index (χ2v) is 12.1. The van der Waals surface area contributed by atoms with E-state index in [1.54, 1.807) is 67.6 Å². The van der Waals surface area contributed by atoms with E-state index in [1.165, 1.54) is 11.0 Å². The molecule has 0 spiro atoms. The average Bonchev–Trinajstić information content (AvgIpc) is 3.34. The summed E-state index contributed by atoms with van der Waals surface area (Å²) in [6.07, 6.45) is 3.81.